The second-order valence-corrected chi connectivity index (χ2v) is 5.34. The lowest BCUT2D eigenvalue weighted by molar-refractivity contribution is 0.0871. The van der Waals surface area contributed by atoms with Crippen LogP contribution in [0.5, 0.6) is 0 Å². The van der Waals surface area contributed by atoms with Gasteiger partial charge in [0.1, 0.15) is 5.82 Å². The molecule has 6 heteroatoms. The van der Waals surface area contributed by atoms with E-state index < -0.39 is 6.10 Å². The van der Waals surface area contributed by atoms with Gasteiger partial charge in [0, 0.05) is 17.7 Å². The van der Waals surface area contributed by atoms with Crippen LogP contribution < -0.4 is 5.32 Å². The van der Waals surface area contributed by atoms with E-state index in [4.69, 9.17) is 0 Å². The number of amides is 1. The van der Waals surface area contributed by atoms with Crippen LogP contribution in [-0.4, -0.2) is 38.8 Å². The molecular formula is C15H20N4O2. The molecule has 1 aromatic carbocycles. The zero-order valence-electron chi connectivity index (χ0n) is 12.4. The molecule has 0 aliphatic carbocycles. The monoisotopic (exact) mass is 288 g/mol. The average Bonchev–Trinajstić information content (AvgIpc) is 2.91. The van der Waals surface area contributed by atoms with Crippen LogP contribution in [0.15, 0.2) is 24.3 Å². The zero-order valence-corrected chi connectivity index (χ0v) is 12.4. The summed E-state index contributed by atoms with van der Waals surface area (Å²) < 4.78 is 0. The highest BCUT2D eigenvalue weighted by molar-refractivity contribution is 5.94. The molecule has 0 saturated heterocycles. The highest BCUT2D eigenvalue weighted by atomic mass is 16.3. The number of hydrogen-bond donors (Lipinski definition) is 3. The van der Waals surface area contributed by atoms with Gasteiger partial charge in [0.15, 0.2) is 5.82 Å². The summed E-state index contributed by atoms with van der Waals surface area (Å²) in [5, 5.41) is 19.2. The summed E-state index contributed by atoms with van der Waals surface area (Å²) in [5.74, 6) is 1.26. The third-order valence-corrected chi connectivity index (χ3v) is 3.24. The van der Waals surface area contributed by atoms with Crippen molar-refractivity contribution in [3.63, 3.8) is 0 Å². The molecule has 2 aromatic rings. The summed E-state index contributed by atoms with van der Waals surface area (Å²) in [4.78, 5) is 16.2. The second-order valence-electron chi connectivity index (χ2n) is 5.34. The van der Waals surface area contributed by atoms with Gasteiger partial charge in [-0.15, -0.1) is 0 Å². The molecule has 1 aromatic heterocycles. The van der Waals surface area contributed by atoms with Gasteiger partial charge in [-0.2, -0.15) is 5.10 Å². The number of aryl methyl sites for hydroxylation is 1. The summed E-state index contributed by atoms with van der Waals surface area (Å²) in [5.41, 5.74) is 1.39. The van der Waals surface area contributed by atoms with Crippen LogP contribution >= 0.6 is 0 Å². The minimum atomic E-state index is -0.538. The fourth-order valence-corrected chi connectivity index (χ4v) is 1.78. The van der Waals surface area contributed by atoms with Gasteiger partial charge in [-0.05, 0) is 25.0 Å². The quantitative estimate of drug-likeness (QED) is 0.778. The lowest BCUT2D eigenvalue weighted by atomic mass is 10.1. The molecule has 1 amide bonds. The lowest BCUT2D eigenvalue weighted by Crippen LogP contribution is -2.34. The van der Waals surface area contributed by atoms with Crippen molar-refractivity contribution in [2.75, 3.05) is 6.54 Å². The predicted octanol–water partition coefficient (Wildman–Crippen LogP) is 1.53. The van der Waals surface area contributed by atoms with Crippen molar-refractivity contribution in [1.82, 2.24) is 20.5 Å². The van der Waals surface area contributed by atoms with E-state index in [0.29, 0.717) is 11.4 Å². The van der Waals surface area contributed by atoms with E-state index in [1.807, 2.05) is 20.8 Å². The average molecular weight is 288 g/mol. The summed E-state index contributed by atoms with van der Waals surface area (Å²) >= 11 is 0. The highest BCUT2D eigenvalue weighted by Crippen LogP contribution is 2.15. The summed E-state index contributed by atoms with van der Waals surface area (Å²) in [6.45, 7) is 5.89. The van der Waals surface area contributed by atoms with Crippen molar-refractivity contribution >= 4 is 5.91 Å². The number of hydrogen-bond acceptors (Lipinski definition) is 4. The first kappa shape index (κ1) is 15.2. The topological polar surface area (TPSA) is 90.9 Å². The third kappa shape index (κ3) is 3.88. The molecule has 0 radical (unpaired) electrons. The third-order valence-electron chi connectivity index (χ3n) is 3.24. The van der Waals surface area contributed by atoms with Crippen molar-refractivity contribution in [2.24, 2.45) is 5.92 Å². The number of rotatable bonds is 5. The maximum absolute atomic E-state index is 12.0. The van der Waals surface area contributed by atoms with Crippen molar-refractivity contribution in [2.45, 2.75) is 26.9 Å². The molecular weight excluding hydrogens is 268 g/mol. The van der Waals surface area contributed by atoms with Gasteiger partial charge in [0.2, 0.25) is 0 Å². The number of aromatic amines is 1. The number of aliphatic hydroxyl groups is 1. The van der Waals surface area contributed by atoms with E-state index in [9.17, 15) is 9.90 Å². The van der Waals surface area contributed by atoms with Crippen LogP contribution in [0.1, 0.15) is 30.0 Å². The van der Waals surface area contributed by atoms with E-state index in [1.165, 1.54) is 0 Å². The lowest BCUT2D eigenvalue weighted by Gasteiger charge is -2.15. The largest absolute Gasteiger partial charge is 0.391 e. The SMILES string of the molecule is Cc1nc(-c2ccc(C(=O)NCC(O)C(C)C)cc2)n[nH]1. The van der Waals surface area contributed by atoms with E-state index in [2.05, 4.69) is 20.5 Å². The van der Waals surface area contributed by atoms with Gasteiger partial charge in [-0.25, -0.2) is 4.98 Å². The molecule has 0 spiro atoms. The number of nitrogens with zero attached hydrogens (tertiary/aromatic N) is 2. The molecule has 6 nitrogen and oxygen atoms in total. The number of nitrogens with one attached hydrogen (secondary N) is 2. The number of benzene rings is 1. The number of carbonyl (C=O) groups is 1. The Kier molecular flexibility index (Phi) is 4.70. The van der Waals surface area contributed by atoms with Gasteiger partial charge < -0.3 is 10.4 Å². The normalized spacial score (nSPS) is 12.4. The standard InChI is InChI=1S/C15H20N4O2/c1-9(2)13(20)8-16-15(21)12-6-4-11(5-7-12)14-17-10(3)18-19-14/h4-7,9,13,20H,8H2,1-3H3,(H,16,21)(H,17,18,19). The Balaban J connectivity index is 2.00. The molecule has 1 heterocycles. The van der Waals surface area contributed by atoms with Crippen LogP contribution in [-0.2, 0) is 0 Å². The van der Waals surface area contributed by atoms with Crippen LogP contribution in [0.2, 0.25) is 0 Å². The van der Waals surface area contributed by atoms with Crippen molar-refractivity contribution in [3.05, 3.63) is 35.7 Å². The van der Waals surface area contributed by atoms with Crippen molar-refractivity contribution in [1.29, 1.82) is 0 Å². The molecule has 2 rings (SSSR count). The fraction of sp³-hybridized carbons (Fsp3) is 0.400. The molecule has 1 atom stereocenters. The minimum Gasteiger partial charge on any atom is -0.391 e. The Bertz CT molecular complexity index is 604. The molecule has 112 valence electrons. The minimum absolute atomic E-state index is 0.113. The molecule has 0 aliphatic heterocycles. The number of H-pyrrole nitrogens is 1. The molecule has 0 bridgehead atoms. The Labute approximate surface area is 123 Å². The van der Waals surface area contributed by atoms with E-state index >= 15 is 0 Å². The Hall–Kier alpha value is -2.21. The highest BCUT2D eigenvalue weighted by Gasteiger charge is 2.12. The summed E-state index contributed by atoms with van der Waals surface area (Å²) in [7, 11) is 0. The molecule has 21 heavy (non-hydrogen) atoms. The van der Waals surface area contributed by atoms with Gasteiger partial charge >= 0.3 is 0 Å². The maximum Gasteiger partial charge on any atom is 0.251 e. The number of aliphatic hydroxyl groups excluding tert-OH is 1. The van der Waals surface area contributed by atoms with E-state index in [-0.39, 0.29) is 18.4 Å². The van der Waals surface area contributed by atoms with Crippen LogP contribution in [0.3, 0.4) is 0 Å². The van der Waals surface area contributed by atoms with Gasteiger partial charge in [0.05, 0.1) is 6.10 Å². The first-order chi connectivity index (χ1) is 9.97. The Morgan fingerprint density at radius 3 is 2.52 bits per heavy atom. The second kappa shape index (κ2) is 6.49. The van der Waals surface area contributed by atoms with Crippen molar-refractivity contribution in [3.8, 4) is 11.4 Å². The smallest absolute Gasteiger partial charge is 0.251 e. The van der Waals surface area contributed by atoms with Crippen LogP contribution in [0.25, 0.3) is 11.4 Å². The summed E-state index contributed by atoms with van der Waals surface area (Å²) in [6, 6.07) is 7.04. The van der Waals surface area contributed by atoms with Crippen LogP contribution in [0, 0.1) is 12.8 Å². The number of carbonyl (C=O) groups excluding carboxylic acids is 1. The van der Waals surface area contributed by atoms with Gasteiger partial charge in [-0.1, -0.05) is 26.0 Å². The van der Waals surface area contributed by atoms with Crippen LogP contribution in [0.4, 0.5) is 0 Å². The Morgan fingerprint density at radius 2 is 2.00 bits per heavy atom. The van der Waals surface area contributed by atoms with Crippen molar-refractivity contribution < 1.29 is 9.90 Å². The molecule has 0 fully saturated rings. The molecule has 1 unspecified atom stereocenters. The maximum atomic E-state index is 12.0. The first-order valence-corrected chi connectivity index (χ1v) is 6.93. The number of aromatic nitrogens is 3. The van der Waals surface area contributed by atoms with E-state index in [0.717, 1.165) is 11.4 Å². The van der Waals surface area contributed by atoms with Gasteiger partial charge in [-0.3, -0.25) is 9.89 Å². The zero-order chi connectivity index (χ0) is 15.4. The van der Waals surface area contributed by atoms with E-state index in [1.54, 1.807) is 24.3 Å². The van der Waals surface area contributed by atoms with Gasteiger partial charge in [0.25, 0.3) is 5.91 Å². The molecule has 0 aliphatic rings. The molecule has 3 N–H and O–H groups in total. The first-order valence-electron chi connectivity index (χ1n) is 6.93. The predicted molar refractivity (Wildman–Crippen MR) is 79.7 cm³/mol. The Morgan fingerprint density at radius 1 is 1.33 bits per heavy atom. The fourth-order valence-electron chi connectivity index (χ4n) is 1.78. The summed E-state index contributed by atoms with van der Waals surface area (Å²) in [6.07, 6.45) is -0.538. The molecule has 0 saturated carbocycles.